The first-order valence-corrected chi connectivity index (χ1v) is 8.47. The van der Waals surface area contributed by atoms with E-state index in [9.17, 15) is 20.2 Å². The van der Waals surface area contributed by atoms with E-state index < -0.39 is 10.8 Å². The summed E-state index contributed by atoms with van der Waals surface area (Å²) in [6, 6.07) is 12.6. The Morgan fingerprint density at radius 3 is 2.57 bits per heavy atom. The predicted molar refractivity (Wildman–Crippen MR) is 104 cm³/mol. The van der Waals surface area contributed by atoms with Crippen LogP contribution in [0, 0.1) is 21.4 Å². The molecule has 0 spiro atoms. The highest BCUT2D eigenvalue weighted by molar-refractivity contribution is 6.10. The summed E-state index contributed by atoms with van der Waals surface area (Å²) in [6.45, 7) is 2.61. The Balaban J connectivity index is 2.22. The summed E-state index contributed by atoms with van der Waals surface area (Å²) in [4.78, 5) is 22.8. The zero-order chi connectivity index (χ0) is 20.5. The molecule has 0 heterocycles. The Labute approximate surface area is 162 Å². The average Bonchev–Trinajstić information content (AvgIpc) is 2.71. The number of hydrogen-bond acceptors (Lipinski definition) is 6. The molecule has 2 aromatic carbocycles. The summed E-state index contributed by atoms with van der Waals surface area (Å²) in [6.07, 6.45) is 2.31. The van der Waals surface area contributed by atoms with Crippen LogP contribution in [0.15, 0.2) is 48.0 Å². The Morgan fingerprint density at radius 1 is 1.29 bits per heavy atom. The first-order chi connectivity index (χ1) is 13.5. The van der Waals surface area contributed by atoms with Gasteiger partial charge in [0.05, 0.1) is 24.3 Å². The maximum atomic E-state index is 12.5. The maximum absolute atomic E-state index is 12.5. The lowest BCUT2D eigenvalue weighted by Gasteiger charge is -2.09. The molecule has 2 aromatic rings. The number of ether oxygens (including phenoxy) is 2. The van der Waals surface area contributed by atoms with Crippen molar-refractivity contribution in [2.24, 2.45) is 0 Å². The van der Waals surface area contributed by atoms with Gasteiger partial charge >= 0.3 is 0 Å². The third-order valence-electron chi connectivity index (χ3n) is 3.67. The molecule has 0 fully saturated rings. The molecule has 0 aromatic heterocycles. The first kappa shape index (κ1) is 20.5. The molecule has 0 unspecified atom stereocenters. The van der Waals surface area contributed by atoms with Crippen molar-refractivity contribution in [3.63, 3.8) is 0 Å². The van der Waals surface area contributed by atoms with Crippen LogP contribution in [0.1, 0.15) is 18.9 Å². The van der Waals surface area contributed by atoms with Crippen molar-refractivity contribution >= 4 is 23.4 Å². The van der Waals surface area contributed by atoms with E-state index in [1.165, 1.54) is 31.4 Å². The minimum Gasteiger partial charge on any atom is -0.495 e. The fraction of sp³-hybridized carbons (Fsp3) is 0.200. The van der Waals surface area contributed by atoms with Crippen molar-refractivity contribution in [2.75, 3.05) is 19.0 Å². The normalized spacial score (nSPS) is 10.7. The number of nitriles is 1. The first-order valence-electron chi connectivity index (χ1n) is 8.47. The van der Waals surface area contributed by atoms with Gasteiger partial charge in [0.2, 0.25) is 0 Å². The van der Waals surface area contributed by atoms with Crippen LogP contribution in [-0.2, 0) is 4.79 Å². The van der Waals surface area contributed by atoms with Crippen LogP contribution in [0.2, 0.25) is 0 Å². The number of nitrogens with zero attached hydrogens (tertiary/aromatic N) is 2. The van der Waals surface area contributed by atoms with E-state index in [0.717, 1.165) is 6.42 Å². The van der Waals surface area contributed by atoms with Crippen molar-refractivity contribution in [2.45, 2.75) is 13.3 Å². The van der Waals surface area contributed by atoms with Gasteiger partial charge in [0.1, 0.15) is 23.1 Å². The van der Waals surface area contributed by atoms with Gasteiger partial charge in [-0.1, -0.05) is 19.1 Å². The van der Waals surface area contributed by atoms with Gasteiger partial charge in [-0.25, -0.2) is 0 Å². The maximum Gasteiger partial charge on any atom is 0.271 e. The van der Waals surface area contributed by atoms with Crippen molar-refractivity contribution in [1.29, 1.82) is 5.26 Å². The molecule has 144 valence electrons. The number of nitro benzene ring substituents is 1. The highest BCUT2D eigenvalue weighted by atomic mass is 16.6. The van der Waals surface area contributed by atoms with Crippen LogP contribution in [0.5, 0.6) is 11.5 Å². The quantitative estimate of drug-likeness (QED) is 0.321. The topological polar surface area (TPSA) is 114 Å². The largest absolute Gasteiger partial charge is 0.495 e. The molecule has 2 rings (SSSR count). The summed E-state index contributed by atoms with van der Waals surface area (Å²) >= 11 is 0. The minimum absolute atomic E-state index is 0.103. The molecule has 0 radical (unpaired) electrons. The number of rotatable bonds is 8. The van der Waals surface area contributed by atoms with Gasteiger partial charge in [0.25, 0.3) is 11.6 Å². The molecule has 8 nitrogen and oxygen atoms in total. The van der Waals surface area contributed by atoms with Gasteiger partial charge in [0, 0.05) is 12.1 Å². The molecular weight excluding hydrogens is 362 g/mol. The molecule has 0 atom stereocenters. The van der Waals surface area contributed by atoms with Crippen molar-refractivity contribution in [3.05, 3.63) is 63.7 Å². The van der Waals surface area contributed by atoms with Gasteiger partial charge in [-0.2, -0.15) is 5.26 Å². The highest BCUT2D eigenvalue weighted by Crippen LogP contribution is 2.29. The summed E-state index contributed by atoms with van der Waals surface area (Å²) < 4.78 is 10.6. The molecule has 28 heavy (non-hydrogen) atoms. The van der Waals surface area contributed by atoms with Crippen molar-refractivity contribution in [3.8, 4) is 17.6 Å². The number of hydrogen-bond donors (Lipinski definition) is 1. The van der Waals surface area contributed by atoms with Crippen molar-refractivity contribution in [1.82, 2.24) is 0 Å². The number of non-ortho nitro benzene ring substituents is 1. The Kier molecular flexibility index (Phi) is 7.11. The second-order valence-electron chi connectivity index (χ2n) is 5.68. The minimum atomic E-state index is -0.701. The van der Waals surface area contributed by atoms with Gasteiger partial charge in [-0.15, -0.1) is 0 Å². The summed E-state index contributed by atoms with van der Waals surface area (Å²) in [5, 5.41) is 22.8. The third kappa shape index (κ3) is 5.32. The molecule has 0 aliphatic carbocycles. The number of nitro groups is 1. The zero-order valence-electron chi connectivity index (χ0n) is 15.5. The molecule has 0 saturated carbocycles. The monoisotopic (exact) mass is 381 g/mol. The lowest BCUT2D eigenvalue weighted by molar-refractivity contribution is -0.384. The Hall–Kier alpha value is -3.86. The predicted octanol–water partition coefficient (Wildman–Crippen LogP) is 3.94. The fourth-order valence-corrected chi connectivity index (χ4v) is 2.29. The van der Waals surface area contributed by atoms with E-state index in [-0.39, 0.29) is 22.7 Å². The zero-order valence-corrected chi connectivity index (χ0v) is 15.5. The number of anilines is 1. The van der Waals surface area contributed by atoms with Crippen LogP contribution in [0.3, 0.4) is 0 Å². The number of benzene rings is 2. The number of methoxy groups -OCH3 is 1. The smallest absolute Gasteiger partial charge is 0.271 e. The number of nitrogens with one attached hydrogen (secondary N) is 1. The van der Waals surface area contributed by atoms with Crippen LogP contribution in [-0.4, -0.2) is 24.5 Å². The van der Waals surface area contributed by atoms with E-state index >= 15 is 0 Å². The van der Waals surface area contributed by atoms with Crippen LogP contribution < -0.4 is 14.8 Å². The molecule has 0 saturated heterocycles. The number of carbonyl (C=O) groups excluding carboxylic acids is 1. The second-order valence-corrected chi connectivity index (χ2v) is 5.68. The van der Waals surface area contributed by atoms with Gasteiger partial charge < -0.3 is 14.8 Å². The molecule has 1 N–H and O–H groups in total. The molecule has 1 amide bonds. The van der Waals surface area contributed by atoms with E-state index in [4.69, 9.17) is 9.47 Å². The number of carbonyl (C=O) groups is 1. The van der Waals surface area contributed by atoms with Crippen LogP contribution >= 0.6 is 0 Å². The molecular formula is C20H19N3O5. The van der Waals surface area contributed by atoms with E-state index in [0.29, 0.717) is 17.9 Å². The summed E-state index contributed by atoms with van der Waals surface area (Å²) in [5.74, 6) is 0.240. The fourth-order valence-electron chi connectivity index (χ4n) is 2.29. The third-order valence-corrected chi connectivity index (χ3v) is 3.67. The van der Waals surface area contributed by atoms with Crippen LogP contribution in [0.4, 0.5) is 11.4 Å². The standard InChI is InChI=1S/C20H19N3O5/c1-3-10-28-17-7-4-14(5-8-17)11-15(13-21)20(24)22-18-12-16(23(25)26)6-9-19(18)27-2/h4-9,11-12H,3,10H2,1-2H3,(H,22,24)/b15-11+. The summed E-state index contributed by atoms with van der Waals surface area (Å²) in [7, 11) is 1.38. The molecule has 0 bridgehead atoms. The molecule has 0 aliphatic heterocycles. The van der Waals surface area contributed by atoms with Gasteiger partial charge in [0.15, 0.2) is 0 Å². The SMILES string of the molecule is CCCOc1ccc(/C=C(\C#N)C(=O)Nc2cc([N+](=O)[O-])ccc2OC)cc1. The Bertz CT molecular complexity index is 930. The van der Waals surface area contributed by atoms with E-state index in [1.54, 1.807) is 24.3 Å². The number of amides is 1. The van der Waals surface area contributed by atoms with E-state index in [1.807, 2.05) is 13.0 Å². The lowest BCUT2D eigenvalue weighted by atomic mass is 10.1. The second kappa shape index (κ2) is 9.73. The average molecular weight is 381 g/mol. The van der Waals surface area contributed by atoms with Crippen LogP contribution in [0.25, 0.3) is 6.08 Å². The molecule has 0 aliphatic rings. The van der Waals surface area contributed by atoms with Gasteiger partial charge in [-0.3, -0.25) is 14.9 Å². The highest BCUT2D eigenvalue weighted by Gasteiger charge is 2.16. The van der Waals surface area contributed by atoms with Gasteiger partial charge in [-0.05, 0) is 36.3 Å². The molecule has 8 heteroatoms. The Morgan fingerprint density at radius 2 is 2.00 bits per heavy atom. The van der Waals surface area contributed by atoms with Crippen molar-refractivity contribution < 1.29 is 19.2 Å². The van der Waals surface area contributed by atoms with E-state index in [2.05, 4.69) is 5.32 Å². The lowest BCUT2D eigenvalue weighted by Crippen LogP contribution is -2.14. The summed E-state index contributed by atoms with van der Waals surface area (Å²) in [5.41, 5.74) is 0.379.